The molecule has 1 aromatic heterocycles. The van der Waals surface area contributed by atoms with E-state index in [-0.39, 0.29) is 0 Å². The Kier molecular flexibility index (Phi) is 3.16. The number of aryl methyl sites for hydroxylation is 1. The van der Waals surface area contributed by atoms with Crippen molar-refractivity contribution < 1.29 is 8.42 Å². The highest BCUT2D eigenvalue weighted by molar-refractivity contribution is 7.93. The van der Waals surface area contributed by atoms with Crippen LogP contribution in [0.1, 0.15) is 12.6 Å². The number of aromatic nitrogens is 2. The second-order valence-electron chi connectivity index (χ2n) is 5.60. The Morgan fingerprint density at radius 3 is 2.65 bits per heavy atom. The molecule has 4 rings (SSSR count). The van der Waals surface area contributed by atoms with Crippen molar-refractivity contribution in [2.45, 2.75) is 24.8 Å². The van der Waals surface area contributed by atoms with Crippen molar-refractivity contribution in [3.8, 4) is 0 Å². The molecule has 23 heavy (non-hydrogen) atoms. The second-order valence-corrected chi connectivity index (χ2v) is 7.43. The predicted octanol–water partition coefficient (Wildman–Crippen LogP) is 2.81. The third-order valence-electron chi connectivity index (χ3n) is 4.36. The molecule has 118 valence electrons. The van der Waals surface area contributed by atoms with Crippen molar-refractivity contribution in [1.82, 2.24) is 9.78 Å². The summed E-state index contributed by atoms with van der Waals surface area (Å²) in [5.74, 6) is 0. The largest absolute Gasteiger partial charge is 0.270 e. The molecular formula is C17H17N3O2S. The lowest BCUT2D eigenvalue weighted by Crippen LogP contribution is -2.29. The molecule has 0 N–H and O–H groups in total. The Hall–Kier alpha value is -2.34. The molecule has 0 saturated carbocycles. The molecule has 5 nitrogen and oxygen atoms in total. The van der Waals surface area contributed by atoms with Crippen molar-refractivity contribution in [1.29, 1.82) is 0 Å². The van der Waals surface area contributed by atoms with Crippen LogP contribution >= 0.6 is 0 Å². The number of nitrogens with zero attached hydrogens (tertiary/aromatic N) is 3. The van der Waals surface area contributed by atoms with E-state index in [4.69, 9.17) is 0 Å². The third-order valence-corrected chi connectivity index (χ3v) is 6.21. The average molecular weight is 327 g/mol. The Bertz CT molecular complexity index is 987. The zero-order valence-electron chi connectivity index (χ0n) is 12.8. The normalized spacial score (nSPS) is 15.4. The average Bonchev–Trinajstić information content (AvgIpc) is 3.09. The van der Waals surface area contributed by atoms with Gasteiger partial charge in [-0.25, -0.2) is 8.42 Å². The van der Waals surface area contributed by atoms with Crippen molar-refractivity contribution in [2.75, 3.05) is 10.8 Å². The van der Waals surface area contributed by atoms with Gasteiger partial charge in [0.1, 0.15) is 0 Å². The van der Waals surface area contributed by atoms with Crippen LogP contribution in [0.2, 0.25) is 0 Å². The number of rotatable bonds is 4. The number of sulfonamides is 1. The summed E-state index contributed by atoms with van der Waals surface area (Å²) in [6.45, 7) is 3.23. The first kappa shape index (κ1) is 14.3. The summed E-state index contributed by atoms with van der Waals surface area (Å²) in [5.41, 5.74) is 1.83. The van der Waals surface area contributed by atoms with Crippen LogP contribution in [0.4, 0.5) is 5.69 Å². The molecule has 0 radical (unpaired) electrons. The Labute approximate surface area is 135 Å². The predicted molar refractivity (Wildman–Crippen MR) is 90.1 cm³/mol. The number of hydrogen-bond donors (Lipinski definition) is 0. The van der Waals surface area contributed by atoms with Gasteiger partial charge >= 0.3 is 0 Å². The van der Waals surface area contributed by atoms with E-state index in [0.717, 1.165) is 28.7 Å². The number of hydrogen-bond acceptors (Lipinski definition) is 3. The molecule has 1 aliphatic rings. The molecule has 0 bridgehead atoms. The molecule has 0 saturated heterocycles. The van der Waals surface area contributed by atoms with Gasteiger partial charge in [0.15, 0.2) is 0 Å². The first-order chi connectivity index (χ1) is 11.1. The monoisotopic (exact) mass is 327 g/mol. The summed E-state index contributed by atoms with van der Waals surface area (Å²) in [5, 5.41) is 6.04. The van der Waals surface area contributed by atoms with Crippen LogP contribution in [0.3, 0.4) is 0 Å². The van der Waals surface area contributed by atoms with Gasteiger partial charge in [-0.15, -0.1) is 0 Å². The van der Waals surface area contributed by atoms with E-state index in [1.165, 1.54) is 4.31 Å². The van der Waals surface area contributed by atoms with Crippen molar-refractivity contribution in [3.05, 3.63) is 54.4 Å². The molecule has 0 spiro atoms. The maximum atomic E-state index is 12.9. The van der Waals surface area contributed by atoms with Gasteiger partial charge in [0.05, 0.1) is 10.6 Å². The van der Waals surface area contributed by atoms with Crippen LogP contribution in [0.5, 0.6) is 0 Å². The molecule has 0 amide bonds. The second kappa shape index (κ2) is 5.09. The van der Waals surface area contributed by atoms with Gasteiger partial charge in [-0.3, -0.25) is 8.99 Å². The highest BCUT2D eigenvalue weighted by atomic mass is 32.2. The Morgan fingerprint density at radius 2 is 1.87 bits per heavy atom. The molecule has 2 aromatic carbocycles. The number of anilines is 1. The molecule has 0 unspecified atom stereocenters. The molecule has 3 aromatic rings. The lowest BCUT2D eigenvalue weighted by atomic mass is 10.1. The van der Waals surface area contributed by atoms with Crippen molar-refractivity contribution >= 4 is 26.5 Å². The highest BCUT2D eigenvalue weighted by Gasteiger charge is 2.35. The Morgan fingerprint density at radius 1 is 1.09 bits per heavy atom. The van der Waals surface area contributed by atoms with Crippen molar-refractivity contribution in [3.63, 3.8) is 0 Å². The van der Waals surface area contributed by atoms with Crippen molar-refractivity contribution in [2.24, 2.45) is 0 Å². The zero-order valence-corrected chi connectivity index (χ0v) is 13.6. The van der Waals surface area contributed by atoms with Gasteiger partial charge in [0.2, 0.25) is 0 Å². The quantitative estimate of drug-likeness (QED) is 0.740. The lowest BCUT2D eigenvalue weighted by molar-refractivity contribution is 0.590. The van der Waals surface area contributed by atoms with Crippen LogP contribution in [-0.4, -0.2) is 24.7 Å². The summed E-state index contributed by atoms with van der Waals surface area (Å²) >= 11 is 0. The lowest BCUT2D eigenvalue weighted by Gasteiger charge is -2.19. The van der Waals surface area contributed by atoms with Gasteiger partial charge in [-0.2, -0.15) is 5.10 Å². The minimum absolute atomic E-state index is 0.412. The van der Waals surface area contributed by atoms with Gasteiger partial charge in [-0.1, -0.05) is 24.3 Å². The molecule has 2 heterocycles. The van der Waals surface area contributed by atoms with Crippen LogP contribution in [0.15, 0.2) is 53.6 Å². The van der Waals surface area contributed by atoms with Crippen LogP contribution in [-0.2, 0) is 23.0 Å². The standard InChI is InChI=1S/C17H17N3O2S/c1-2-19-14(9-11-18-19)10-12-20-15-7-3-5-13-6-4-8-16(17(13)15)23(20,21)22/h3-9,11H,2,10,12H2,1H3. The molecule has 6 heteroatoms. The molecule has 0 fully saturated rings. The van der Waals surface area contributed by atoms with E-state index < -0.39 is 10.0 Å². The maximum absolute atomic E-state index is 12.9. The minimum atomic E-state index is -3.47. The summed E-state index contributed by atoms with van der Waals surface area (Å²) in [4.78, 5) is 0.412. The molecule has 0 aliphatic carbocycles. The molecule has 0 atom stereocenters. The zero-order chi connectivity index (χ0) is 16.0. The van der Waals surface area contributed by atoms with E-state index >= 15 is 0 Å². The van der Waals surface area contributed by atoms with Gasteiger partial charge in [0, 0.05) is 36.8 Å². The summed E-state index contributed by atoms with van der Waals surface area (Å²) < 4.78 is 29.2. The van der Waals surface area contributed by atoms with Gasteiger partial charge < -0.3 is 0 Å². The SMILES string of the molecule is CCn1nccc1CCN1c2cccc3cccc(c23)S1(=O)=O. The van der Waals surface area contributed by atoms with Gasteiger partial charge in [0.25, 0.3) is 10.0 Å². The fourth-order valence-corrected chi connectivity index (χ4v) is 4.98. The van der Waals surface area contributed by atoms with E-state index in [1.807, 2.05) is 41.9 Å². The topological polar surface area (TPSA) is 55.2 Å². The molecule has 1 aliphatic heterocycles. The maximum Gasteiger partial charge on any atom is 0.265 e. The van der Waals surface area contributed by atoms with E-state index in [0.29, 0.717) is 17.9 Å². The van der Waals surface area contributed by atoms with E-state index in [1.54, 1.807) is 18.3 Å². The first-order valence-electron chi connectivity index (χ1n) is 7.68. The van der Waals surface area contributed by atoms with Crippen LogP contribution in [0, 0.1) is 0 Å². The third kappa shape index (κ3) is 2.05. The molecular weight excluding hydrogens is 310 g/mol. The van der Waals surface area contributed by atoms with Crippen LogP contribution < -0.4 is 4.31 Å². The minimum Gasteiger partial charge on any atom is -0.270 e. The fraction of sp³-hybridized carbons (Fsp3) is 0.235. The van der Waals surface area contributed by atoms with E-state index in [9.17, 15) is 8.42 Å². The summed E-state index contributed by atoms with van der Waals surface area (Å²) in [6, 6.07) is 13.1. The summed E-state index contributed by atoms with van der Waals surface area (Å²) in [7, 11) is -3.47. The van der Waals surface area contributed by atoms with E-state index in [2.05, 4.69) is 5.10 Å². The highest BCUT2D eigenvalue weighted by Crippen LogP contribution is 2.41. The fourth-order valence-electron chi connectivity index (χ4n) is 3.27. The summed E-state index contributed by atoms with van der Waals surface area (Å²) in [6.07, 6.45) is 2.39. The van der Waals surface area contributed by atoms with Gasteiger partial charge in [-0.05, 0) is 30.5 Å². The smallest absolute Gasteiger partial charge is 0.265 e. The van der Waals surface area contributed by atoms with Crippen LogP contribution in [0.25, 0.3) is 10.8 Å². The Balaban J connectivity index is 1.75. The first-order valence-corrected chi connectivity index (χ1v) is 9.12. The number of benzene rings is 2.